The third-order valence-corrected chi connectivity index (χ3v) is 3.67. The number of rotatable bonds is 6. The first-order chi connectivity index (χ1) is 8.75. The summed E-state index contributed by atoms with van der Waals surface area (Å²) in [6.45, 7) is 2.75. The number of nitrogens with one attached hydrogen (secondary N) is 1. The normalized spacial score (nSPS) is 14.3. The maximum absolute atomic E-state index is 9.97. The predicted octanol–water partition coefficient (Wildman–Crippen LogP) is 3.00. The molecule has 3 heteroatoms. The third-order valence-electron chi connectivity index (χ3n) is 2.97. The van der Waals surface area contributed by atoms with Crippen molar-refractivity contribution >= 4 is 11.3 Å². The molecule has 2 rings (SSSR count). The van der Waals surface area contributed by atoms with Gasteiger partial charge in [-0.15, -0.1) is 0 Å². The summed E-state index contributed by atoms with van der Waals surface area (Å²) in [6.07, 6.45) is 0.575. The van der Waals surface area contributed by atoms with Gasteiger partial charge < -0.3 is 10.4 Å². The molecule has 1 heterocycles. The van der Waals surface area contributed by atoms with Gasteiger partial charge in [-0.05, 0) is 41.3 Å². The van der Waals surface area contributed by atoms with Gasteiger partial charge in [0.15, 0.2) is 0 Å². The zero-order valence-corrected chi connectivity index (χ0v) is 11.4. The van der Waals surface area contributed by atoms with E-state index >= 15 is 0 Å². The van der Waals surface area contributed by atoms with E-state index in [9.17, 15) is 5.11 Å². The molecule has 0 aliphatic carbocycles. The molecule has 2 N–H and O–H groups in total. The summed E-state index contributed by atoms with van der Waals surface area (Å²) in [5, 5.41) is 17.3. The van der Waals surface area contributed by atoms with Gasteiger partial charge in [0.05, 0.1) is 6.10 Å². The fourth-order valence-corrected chi connectivity index (χ4v) is 2.64. The van der Waals surface area contributed by atoms with Gasteiger partial charge in [-0.1, -0.05) is 30.3 Å². The number of hydrogen-bond donors (Lipinski definition) is 2. The molecule has 0 aliphatic heterocycles. The van der Waals surface area contributed by atoms with E-state index in [4.69, 9.17) is 0 Å². The largest absolute Gasteiger partial charge is 0.387 e. The molecule has 0 fully saturated rings. The fraction of sp³-hybridized carbons (Fsp3) is 0.333. The van der Waals surface area contributed by atoms with Gasteiger partial charge >= 0.3 is 0 Å². The van der Waals surface area contributed by atoms with Crippen molar-refractivity contribution in [3.05, 3.63) is 58.3 Å². The molecule has 0 amide bonds. The Morgan fingerprint density at radius 1 is 1.22 bits per heavy atom. The molecule has 96 valence electrons. The van der Waals surface area contributed by atoms with Crippen molar-refractivity contribution in [2.24, 2.45) is 0 Å². The van der Waals surface area contributed by atoms with Crippen molar-refractivity contribution in [3.63, 3.8) is 0 Å². The number of aliphatic hydroxyl groups is 1. The lowest BCUT2D eigenvalue weighted by Crippen LogP contribution is -2.31. The summed E-state index contributed by atoms with van der Waals surface area (Å²) in [4.78, 5) is 0. The highest BCUT2D eigenvalue weighted by Gasteiger charge is 2.09. The Kier molecular flexibility index (Phi) is 4.93. The lowest BCUT2D eigenvalue weighted by Gasteiger charge is -2.16. The first kappa shape index (κ1) is 13.3. The van der Waals surface area contributed by atoms with Crippen LogP contribution in [0.25, 0.3) is 0 Å². The van der Waals surface area contributed by atoms with E-state index in [1.807, 2.05) is 22.9 Å². The third kappa shape index (κ3) is 3.95. The molecule has 0 saturated heterocycles. The monoisotopic (exact) mass is 261 g/mol. The fourth-order valence-electron chi connectivity index (χ4n) is 1.94. The second kappa shape index (κ2) is 6.69. The zero-order chi connectivity index (χ0) is 12.8. The Morgan fingerprint density at radius 3 is 2.67 bits per heavy atom. The van der Waals surface area contributed by atoms with Crippen LogP contribution in [0, 0.1) is 0 Å². The number of hydrogen-bond acceptors (Lipinski definition) is 3. The molecule has 1 aromatic heterocycles. The Bertz CT molecular complexity index is 441. The van der Waals surface area contributed by atoms with Crippen molar-refractivity contribution in [3.8, 4) is 0 Å². The summed E-state index contributed by atoms with van der Waals surface area (Å²) < 4.78 is 0. The Labute approximate surface area is 112 Å². The number of aliphatic hydroxyl groups excluding tert-OH is 1. The minimum atomic E-state index is -0.408. The second-order valence-corrected chi connectivity index (χ2v) is 5.35. The SMILES string of the molecule is CC(Cc1ccccc1)NCC(O)c1ccsc1. The van der Waals surface area contributed by atoms with E-state index in [0.717, 1.165) is 12.0 Å². The van der Waals surface area contributed by atoms with Gasteiger partial charge in [-0.3, -0.25) is 0 Å². The summed E-state index contributed by atoms with van der Waals surface area (Å²) in [6, 6.07) is 12.7. The number of benzene rings is 1. The minimum Gasteiger partial charge on any atom is -0.387 e. The van der Waals surface area contributed by atoms with E-state index < -0.39 is 6.10 Å². The lowest BCUT2D eigenvalue weighted by atomic mass is 10.1. The van der Waals surface area contributed by atoms with Crippen LogP contribution >= 0.6 is 11.3 Å². The van der Waals surface area contributed by atoms with Crippen LogP contribution in [-0.4, -0.2) is 17.7 Å². The molecule has 2 unspecified atom stereocenters. The van der Waals surface area contributed by atoms with Gasteiger partial charge in [0.2, 0.25) is 0 Å². The van der Waals surface area contributed by atoms with Gasteiger partial charge in [0.25, 0.3) is 0 Å². The molecule has 2 atom stereocenters. The molecular formula is C15H19NOS. The van der Waals surface area contributed by atoms with E-state index in [-0.39, 0.29) is 0 Å². The average Bonchev–Trinajstić information content (AvgIpc) is 2.91. The van der Waals surface area contributed by atoms with Crippen LogP contribution in [0.4, 0.5) is 0 Å². The quantitative estimate of drug-likeness (QED) is 0.838. The highest BCUT2D eigenvalue weighted by Crippen LogP contribution is 2.15. The molecule has 0 saturated carbocycles. The molecular weight excluding hydrogens is 242 g/mol. The van der Waals surface area contributed by atoms with Crippen LogP contribution in [0.5, 0.6) is 0 Å². The molecule has 0 aliphatic rings. The highest BCUT2D eigenvalue weighted by atomic mass is 32.1. The van der Waals surface area contributed by atoms with Crippen LogP contribution in [0.2, 0.25) is 0 Å². The van der Waals surface area contributed by atoms with Crippen molar-refractivity contribution in [2.75, 3.05) is 6.54 Å². The minimum absolute atomic E-state index is 0.362. The average molecular weight is 261 g/mol. The predicted molar refractivity (Wildman–Crippen MR) is 76.9 cm³/mol. The van der Waals surface area contributed by atoms with E-state index in [0.29, 0.717) is 12.6 Å². The maximum atomic E-state index is 9.97. The molecule has 18 heavy (non-hydrogen) atoms. The van der Waals surface area contributed by atoms with Gasteiger partial charge in [0.1, 0.15) is 0 Å². The lowest BCUT2D eigenvalue weighted by molar-refractivity contribution is 0.171. The molecule has 0 spiro atoms. The van der Waals surface area contributed by atoms with Crippen LogP contribution in [0.1, 0.15) is 24.2 Å². The summed E-state index contributed by atoms with van der Waals surface area (Å²) >= 11 is 1.62. The van der Waals surface area contributed by atoms with Crippen molar-refractivity contribution in [1.82, 2.24) is 5.32 Å². The van der Waals surface area contributed by atoms with E-state index in [1.54, 1.807) is 11.3 Å². The molecule has 0 radical (unpaired) electrons. The molecule has 2 nitrogen and oxygen atoms in total. The highest BCUT2D eigenvalue weighted by molar-refractivity contribution is 7.07. The van der Waals surface area contributed by atoms with Gasteiger partial charge in [-0.2, -0.15) is 11.3 Å². The van der Waals surface area contributed by atoms with Crippen molar-refractivity contribution in [1.29, 1.82) is 0 Å². The van der Waals surface area contributed by atoms with E-state index in [2.05, 4.69) is 36.5 Å². The summed E-state index contributed by atoms with van der Waals surface area (Å²) in [7, 11) is 0. The first-order valence-electron chi connectivity index (χ1n) is 6.23. The van der Waals surface area contributed by atoms with Crippen LogP contribution in [-0.2, 0) is 6.42 Å². The molecule has 1 aromatic carbocycles. The Balaban J connectivity index is 1.77. The summed E-state index contributed by atoms with van der Waals surface area (Å²) in [5.74, 6) is 0. The van der Waals surface area contributed by atoms with E-state index in [1.165, 1.54) is 5.56 Å². The molecule has 0 bridgehead atoms. The van der Waals surface area contributed by atoms with Gasteiger partial charge in [-0.25, -0.2) is 0 Å². The standard InChI is InChI=1S/C15H19NOS/c1-12(9-13-5-3-2-4-6-13)16-10-15(17)14-7-8-18-11-14/h2-8,11-12,15-17H,9-10H2,1H3. The second-order valence-electron chi connectivity index (χ2n) is 4.57. The number of thiophene rings is 1. The smallest absolute Gasteiger partial charge is 0.0922 e. The zero-order valence-electron chi connectivity index (χ0n) is 10.5. The van der Waals surface area contributed by atoms with Crippen molar-refractivity contribution < 1.29 is 5.11 Å². The first-order valence-corrected chi connectivity index (χ1v) is 7.17. The van der Waals surface area contributed by atoms with Crippen LogP contribution in [0.3, 0.4) is 0 Å². The topological polar surface area (TPSA) is 32.3 Å². The van der Waals surface area contributed by atoms with Crippen LogP contribution < -0.4 is 5.32 Å². The van der Waals surface area contributed by atoms with Gasteiger partial charge in [0, 0.05) is 12.6 Å². The van der Waals surface area contributed by atoms with Crippen molar-refractivity contribution in [2.45, 2.75) is 25.5 Å². The summed E-state index contributed by atoms with van der Waals surface area (Å²) in [5.41, 5.74) is 2.32. The Morgan fingerprint density at radius 2 is 2.00 bits per heavy atom. The van der Waals surface area contributed by atoms with Crippen LogP contribution in [0.15, 0.2) is 47.2 Å². The maximum Gasteiger partial charge on any atom is 0.0922 e. The molecule has 2 aromatic rings. The Hall–Kier alpha value is -1.16.